The molecule has 0 amide bonds. The highest BCUT2D eigenvalue weighted by Gasteiger charge is 2.06. The number of carbonyl (C=O) groups excluding carboxylic acids is 1. The molecule has 0 saturated carbocycles. The molecule has 0 fully saturated rings. The predicted molar refractivity (Wildman–Crippen MR) is 100 cm³/mol. The van der Waals surface area contributed by atoms with Gasteiger partial charge in [-0.25, -0.2) is 4.79 Å². The maximum atomic E-state index is 11.9. The van der Waals surface area contributed by atoms with Gasteiger partial charge in [0.05, 0.1) is 0 Å². The highest BCUT2D eigenvalue weighted by molar-refractivity contribution is 7.10. The lowest BCUT2D eigenvalue weighted by Gasteiger charge is -2.08. The van der Waals surface area contributed by atoms with E-state index >= 15 is 0 Å². The Hall–Kier alpha value is -2.65. The van der Waals surface area contributed by atoms with Gasteiger partial charge in [-0.15, -0.1) is 11.3 Å². The zero-order valence-corrected chi connectivity index (χ0v) is 14.5. The van der Waals surface area contributed by atoms with Gasteiger partial charge in [-0.1, -0.05) is 42.0 Å². The molecule has 0 aliphatic rings. The van der Waals surface area contributed by atoms with E-state index in [0.717, 1.165) is 21.6 Å². The highest BCUT2D eigenvalue weighted by Crippen LogP contribution is 2.26. The monoisotopic (exact) mass is 334 g/mol. The molecule has 120 valence electrons. The van der Waals surface area contributed by atoms with Gasteiger partial charge < -0.3 is 4.74 Å². The molecule has 2 nitrogen and oxygen atoms in total. The summed E-state index contributed by atoms with van der Waals surface area (Å²) in [5.74, 6) is 0.223. The van der Waals surface area contributed by atoms with Crippen LogP contribution in [0.1, 0.15) is 16.0 Å². The lowest BCUT2D eigenvalue weighted by atomic mass is 10.0. The largest absolute Gasteiger partial charge is 0.423 e. The molecular formula is C21H18O2S. The van der Waals surface area contributed by atoms with Gasteiger partial charge in [-0.2, -0.15) is 0 Å². The number of rotatable bonds is 4. The zero-order valence-electron chi connectivity index (χ0n) is 13.7. The smallest absolute Gasteiger partial charge is 0.336 e. The molecule has 0 radical (unpaired) electrons. The minimum atomic E-state index is -0.366. The van der Waals surface area contributed by atoms with Gasteiger partial charge in [0.25, 0.3) is 0 Å². The van der Waals surface area contributed by atoms with Crippen LogP contribution in [0.5, 0.6) is 5.75 Å². The normalized spacial score (nSPS) is 10.9. The third-order valence-corrected chi connectivity index (χ3v) is 4.53. The van der Waals surface area contributed by atoms with Crippen LogP contribution in [-0.4, -0.2) is 5.97 Å². The summed E-state index contributed by atoms with van der Waals surface area (Å²) < 4.78 is 5.43. The molecule has 3 heteroatoms. The minimum Gasteiger partial charge on any atom is -0.423 e. The number of carbonyl (C=O) groups is 1. The Kier molecular flexibility index (Phi) is 4.92. The van der Waals surface area contributed by atoms with Gasteiger partial charge >= 0.3 is 5.97 Å². The second-order valence-electron chi connectivity index (χ2n) is 5.62. The van der Waals surface area contributed by atoms with E-state index in [9.17, 15) is 4.79 Å². The number of benzene rings is 2. The van der Waals surface area contributed by atoms with Crippen molar-refractivity contribution in [3.63, 3.8) is 0 Å². The summed E-state index contributed by atoms with van der Waals surface area (Å²) >= 11 is 1.58. The fourth-order valence-electron chi connectivity index (χ4n) is 2.37. The molecule has 0 saturated heterocycles. The van der Waals surface area contributed by atoms with Crippen molar-refractivity contribution in [2.45, 2.75) is 13.8 Å². The van der Waals surface area contributed by atoms with Crippen molar-refractivity contribution in [1.29, 1.82) is 0 Å². The molecule has 0 aliphatic carbocycles. The molecule has 24 heavy (non-hydrogen) atoms. The molecule has 1 heterocycles. The third-order valence-electron chi connectivity index (χ3n) is 3.70. The van der Waals surface area contributed by atoms with E-state index in [0.29, 0.717) is 5.75 Å². The number of hydrogen-bond acceptors (Lipinski definition) is 3. The lowest BCUT2D eigenvalue weighted by molar-refractivity contribution is -0.128. The summed E-state index contributed by atoms with van der Waals surface area (Å²) in [6.45, 7) is 4.02. The van der Waals surface area contributed by atoms with Crippen LogP contribution in [0.3, 0.4) is 0 Å². The maximum absolute atomic E-state index is 11.9. The van der Waals surface area contributed by atoms with Crippen LogP contribution >= 0.6 is 11.3 Å². The maximum Gasteiger partial charge on any atom is 0.336 e. The highest BCUT2D eigenvalue weighted by atomic mass is 32.1. The number of ether oxygens (including phenoxy) is 1. The van der Waals surface area contributed by atoms with Crippen LogP contribution in [0.25, 0.3) is 17.2 Å². The average molecular weight is 334 g/mol. The van der Waals surface area contributed by atoms with Crippen molar-refractivity contribution < 1.29 is 9.53 Å². The third kappa shape index (κ3) is 4.00. The molecule has 2 aromatic carbocycles. The molecule has 0 spiro atoms. The quantitative estimate of drug-likeness (QED) is 0.350. The first-order valence-electron chi connectivity index (χ1n) is 7.73. The van der Waals surface area contributed by atoms with E-state index in [2.05, 4.69) is 31.2 Å². The van der Waals surface area contributed by atoms with Crippen molar-refractivity contribution in [2.75, 3.05) is 0 Å². The number of hydrogen-bond donors (Lipinski definition) is 0. The minimum absolute atomic E-state index is 0.366. The van der Waals surface area contributed by atoms with Crippen LogP contribution < -0.4 is 4.74 Å². The molecule has 0 atom stereocenters. The Morgan fingerprint density at radius 1 is 1.00 bits per heavy atom. The molecule has 0 aliphatic heterocycles. The number of thiophene rings is 1. The second-order valence-corrected chi connectivity index (χ2v) is 6.60. The van der Waals surface area contributed by atoms with Crippen LogP contribution in [0.2, 0.25) is 0 Å². The lowest BCUT2D eigenvalue weighted by Crippen LogP contribution is -2.04. The molecule has 0 unspecified atom stereocenters. The topological polar surface area (TPSA) is 26.3 Å². The van der Waals surface area contributed by atoms with Crippen molar-refractivity contribution in [1.82, 2.24) is 0 Å². The summed E-state index contributed by atoms with van der Waals surface area (Å²) in [5.41, 5.74) is 4.44. The Morgan fingerprint density at radius 3 is 2.42 bits per heavy atom. The molecule has 3 aromatic rings. The van der Waals surface area contributed by atoms with Gasteiger partial charge in [-0.3, -0.25) is 0 Å². The van der Waals surface area contributed by atoms with Crippen LogP contribution in [0.15, 0.2) is 66.1 Å². The SMILES string of the molecule is Cc1ccc(-c2ccc(OC(=O)/C=C/c3cccs3)c(C)c2)cc1. The van der Waals surface area contributed by atoms with Crippen LogP contribution in [0, 0.1) is 13.8 Å². The van der Waals surface area contributed by atoms with Crippen molar-refractivity contribution in [3.05, 3.63) is 82.1 Å². The van der Waals surface area contributed by atoms with Gasteiger partial charge in [0.2, 0.25) is 0 Å². The Labute approximate surface area is 146 Å². The van der Waals surface area contributed by atoms with Gasteiger partial charge in [0, 0.05) is 11.0 Å². The molecular weight excluding hydrogens is 316 g/mol. The molecule has 0 N–H and O–H groups in total. The summed E-state index contributed by atoms with van der Waals surface area (Å²) in [6, 6.07) is 18.1. The Balaban J connectivity index is 1.73. The van der Waals surface area contributed by atoms with E-state index in [1.165, 1.54) is 11.6 Å². The summed E-state index contributed by atoms with van der Waals surface area (Å²) in [6.07, 6.45) is 3.22. The predicted octanol–water partition coefficient (Wildman–Crippen LogP) is 5.65. The van der Waals surface area contributed by atoms with Gasteiger partial charge in [0.1, 0.15) is 5.75 Å². The fourth-order valence-corrected chi connectivity index (χ4v) is 2.99. The molecule has 1 aromatic heterocycles. The average Bonchev–Trinajstić information content (AvgIpc) is 3.09. The first kappa shape index (κ1) is 16.2. The number of esters is 1. The second kappa shape index (κ2) is 7.28. The van der Waals surface area contributed by atoms with Crippen molar-refractivity contribution >= 4 is 23.4 Å². The van der Waals surface area contributed by atoms with E-state index in [-0.39, 0.29) is 5.97 Å². The standard InChI is InChI=1S/C21H18O2S/c1-15-5-7-17(8-6-15)18-9-11-20(16(2)14-18)23-21(22)12-10-19-4-3-13-24-19/h3-14H,1-2H3/b12-10+. The zero-order chi connectivity index (χ0) is 16.9. The van der Waals surface area contributed by atoms with Crippen LogP contribution in [-0.2, 0) is 4.79 Å². The molecule has 3 rings (SSSR count). The number of aryl methyl sites for hydroxylation is 2. The van der Waals surface area contributed by atoms with E-state index in [1.54, 1.807) is 17.4 Å². The Morgan fingerprint density at radius 2 is 1.75 bits per heavy atom. The van der Waals surface area contributed by atoms with E-state index < -0.39 is 0 Å². The first-order valence-corrected chi connectivity index (χ1v) is 8.61. The first-order chi connectivity index (χ1) is 11.6. The summed E-state index contributed by atoms with van der Waals surface area (Å²) in [4.78, 5) is 13.0. The van der Waals surface area contributed by atoms with Crippen molar-refractivity contribution in [3.8, 4) is 16.9 Å². The van der Waals surface area contributed by atoms with E-state index in [4.69, 9.17) is 4.74 Å². The van der Waals surface area contributed by atoms with Gasteiger partial charge in [0.15, 0.2) is 0 Å². The molecule has 0 bridgehead atoms. The summed E-state index contributed by atoms with van der Waals surface area (Å²) in [5, 5.41) is 1.97. The van der Waals surface area contributed by atoms with Gasteiger partial charge in [-0.05, 0) is 60.2 Å². The Bertz CT molecular complexity index is 859. The van der Waals surface area contributed by atoms with Crippen LogP contribution in [0.4, 0.5) is 0 Å². The summed E-state index contributed by atoms with van der Waals surface area (Å²) in [7, 11) is 0. The van der Waals surface area contributed by atoms with Crippen molar-refractivity contribution in [2.24, 2.45) is 0 Å². The van der Waals surface area contributed by atoms with E-state index in [1.807, 2.05) is 42.6 Å². The fraction of sp³-hybridized carbons (Fsp3) is 0.0952.